The molecule has 19 heavy (non-hydrogen) atoms. The molecule has 0 bridgehead atoms. The van der Waals surface area contributed by atoms with Crippen molar-refractivity contribution in [3.63, 3.8) is 0 Å². The molecule has 0 radical (unpaired) electrons. The zero-order chi connectivity index (χ0) is 13.8. The zero-order valence-corrected chi connectivity index (χ0v) is 11.1. The normalized spacial score (nSPS) is 16.4. The van der Waals surface area contributed by atoms with E-state index in [4.69, 9.17) is 11.6 Å². The smallest absolute Gasteiger partial charge is 0.217 e. The fourth-order valence-corrected chi connectivity index (χ4v) is 2.44. The number of amides is 1. The van der Waals surface area contributed by atoms with Crippen molar-refractivity contribution in [2.75, 3.05) is 23.4 Å². The number of primary amides is 1. The van der Waals surface area contributed by atoms with Crippen LogP contribution in [0.2, 0.25) is 0 Å². The van der Waals surface area contributed by atoms with Crippen molar-refractivity contribution < 1.29 is 4.79 Å². The number of nitrogen functional groups attached to an aromatic ring is 1. The van der Waals surface area contributed by atoms with E-state index in [1.165, 1.54) is 0 Å². The lowest BCUT2D eigenvalue weighted by molar-refractivity contribution is -0.119. The summed E-state index contributed by atoms with van der Waals surface area (Å²) >= 11 is 0. The average molecular weight is 264 g/mol. The van der Waals surface area contributed by atoms with Crippen molar-refractivity contribution in [1.82, 2.24) is 9.97 Å². The molecule has 0 aliphatic carbocycles. The molecule has 2 heterocycles. The Bertz CT molecular complexity index is 456. The topological polar surface area (TPSA) is 110 Å². The van der Waals surface area contributed by atoms with Gasteiger partial charge in [-0.15, -0.1) is 0 Å². The summed E-state index contributed by atoms with van der Waals surface area (Å²) in [6.07, 6.45) is 2.39. The third kappa shape index (κ3) is 3.54. The summed E-state index contributed by atoms with van der Waals surface area (Å²) in [6, 6.07) is 1.83. The van der Waals surface area contributed by atoms with E-state index >= 15 is 0 Å². The van der Waals surface area contributed by atoms with Crippen LogP contribution < -0.4 is 21.9 Å². The molecular formula is C12H20N6O. The predicted molar refractivity (Wildman–Crippen MR) is 73.3 cm³/mol. The summed E-state index contributed by atoms with van der Waals surface area (Å²) < 4.78 is 0. The molecule has 0 saturated carbocycles. The fourth-order valence-electron chi connectivity index (χ4n) is 2.44. The van der Waals surface area contributed by atoms with E-state index in [1.807, 2.05) is 13.0 Å². The van der Waals surface area contributed by atoms with Gasteiger partial charge in [-0.2, -0.15) is 0 Å². The number of rotatable bonds is 4. The van der Waals surface area contributed by atoms with Gasteiger partial charge in [-0.05, 0) is 25.7 Å². The first-order valence-corrected chi connectivity index (χ1v) is 6.44. The molecule has 5 N–H and O–H groups in total. The Hall–Kier alpha value is -1.89. The lowest BCUT2D eigenvalue weighted by atomic mass is 9.93. The monoisotopic (exact) mass is 264 g/mol. The number of aromatic nitrogens is 2. The maximum absolute atomic E-state index is 10.9. The van der Waals surface area contributed by atoms with Gasteiger partial charge in [0.2, 0.25) is 5.91 Å². The number of hydrazine groups is 1. The molecule has 2 rings (SSSR count). The standard InChI is InChI=1S/C12H20N6O/c1-8-15-11(17-14)7-12(16-8)18-4-2-9(3-5-18)6-10(13)19/h7,9H,2-6,14H2,1H3,(H2,13,19)(H,15,16,17). The molecule has 0 unspecified atom stereocenters. The van der Waals surface area contributed by atoms with E-state index in [2.05, 4.69) is 20.3 Å². The molecule has 1 aliphatic heterocycles. The maximum atomic E-state index is 10.9. The predicted octanol–water partition coefficient (Wildman–Crippen LogP) is 0.162. The molecular weight excluding hydrogens is 244 g/mol. The van der Waals surface area contributed by atoms with Gasteiger partial charge in [0.05, 0.1) is 0 Å². The van der Waals surface area contributed by atoms with E-state index in [-0.39, 0.29) is 5.91 Å². The van der Waals surface area contributed by atoms with E-state index in [9.17, 15) is 4.79 Å². The van der Waals surface area contributed by atoms with E-state index in [1.54, 1.807) is 0 Å². The number of anilines is 2. The van der Waals surface area contributed by atoms with E-state index in [0.29, 0.717) is 24.0 Å². The number of nitrogens with one attached hydrogen (secondary N) is 1. The first kappa shape index (κ1) is 13.5. The molecule has 1 amide bonds. The Balaban J connectivity index is 2.01. The maximum Gasteiger partial charge on any atom is 0.217 e. The van der Waals surface area contributed by atoms with Gasteiger partial charge in [-0.1, -0.05) is 0 Å². The number of piperidine rings is 1. The second kappa shape index (κ2) is 5.83. The van der Waals surface area contributed by atoms with Crippen molar-refractivity contribution in [3.8, 4) is 0 Å². The van der Waals surface area contributed by atoms with Crippen LogP contribution in [0.1, 0.15) is 25.1 Å². The number of nitrogens with two attached hydrogens (primary N) is 2. The molecule has 1 saturated heterocycles. The third-order valence-corrected chi connectivity index (χ3v) is 3.40. The number of carbonyl (C=O) groups is 1. The van der Waals surface area contributed by atoms with Crippen LogP contribution in [0, 0.1) is 12.8 Å². The summed E-state index contributed by atoms with van der Waals surface area (Å²) in [5.41, 5.74) is 7.77. The Morgan fingerprint density at radius 1 is 1.47 bits per heavy atom. The second-order valence-corrected chi connectivity index (χ2v) is 4.90. The molecule has 0 atom stereocenters. The molecule has 0 aromatic carbocycles. The van der Waals surface area contributed by atoms with Gasteiger partial charge < -0.3 is 16.1 Å². The first-order chi connectivity index (χ1) is 9.08. The molecule has 7 nitrogen and oxygen atoms in total. The number of hydrogen-bond acceptors (Lipinski definition) is 6. The molecule has 1 aromatic heterocycles. The highest BCUT2D eigenvalue weighted by Gasteiger charge is 2.22. The van der Waals surface area contributed by atoms with E-state index < -0.39 is 0 Å². The molecule has 1 aromatic rings. The molecule has 7 heteroatoms. The zero-order valence-electron chi connectivity index (χ0n) is 11.1. The summed E-state index contributed by atoms with van der Waals surface area (Å²) in [5, 5.41) is 0. The van der Waals surface area contributed by atoms with Crippen LogP contribution in [0.5, 0.6) is 0 Å². The van der Waals surface area contributed by atoms with Crippen molar-refractivity contribution >= 4 is 17.5 Å². The van der Waals surface area contributed by atoms with Gasteiger partial charge in [0, 0.05) is 25.6 Å². The number of hydrogen-bond donors (Lipinski definition) is 3. The first-order valence-electron chi connectivity index (χ1n) is 6.44. The average Bonchev–Trinajstić information content (AvgIpc) is 2.38. The van der Waals surface area contributed by atoms with Crippen LogP contribution in [-0.2, 0) is 4.79 Å². The van der Waals surface area contributed by atoms with Crippen molar-refractivity contribution in [1.29, 1.82) is 0 Å². The van der Waals surface area contributed by atoms with Crippen molar-refractivity contribution in [2.45, 2.75) is 26.2 Å². The minimum absolute atomic E-state index is 0.217. The van der Waals surface area contributed by atoms with Crippen molar-refractivity contribution in [2.24, 2.45) is 17.5 Å². The molecule has 0 spiro atoms. The summed E-state index contributed by atoms with van der Waals surface area (Å²) in [5.74, 6) is 7.73. The van der Waals surface area contributed by atoms with Gasteiger partial charge in [-0.25, -0.2) is 15.8 Å². The fraction of sp³-hybridized carbons (Fsp3) is 0.583. The van der Waals surface area contributed by atoms with Crippen LogP contribution in [-0.4, -0.2) is 29.0 Å². The highest BCUT2D eigenvalue weighted by atomic mass is 16.1. The van der Waals surface area contributed by atoms with Gasteiger partial charge in [-0.3, -0.25) is 4.79 Å². The molecule has 1 fully saturated rings. The minimum Gasteiger partial charge on any atom is -0.370 e. The van der Waals surface area contributed by atoms with Crippen LogP contribution in [0.25, 0.3) is 0 Å². The molecule has 104 valence electrons. The third-order valence-electron chi connectivity index (χ3n) is 3.40. The van der Waals surface area contributed by atoms with Gasteiger partial charge in [0.15, 0.2) is 0 Å². The van der Waals surface area contributed by atoms with Crippen LogP contribution in [0.15, 0.2) is 6.07 Å². The van der Waals surface area contributed by atoms with Crippen LogP contribution >= 0.6 is 0 Å². The highest BCUT2D eigenvalue weighted by Crippen LogP contribution is 2.24. The van der Waals surface area contributed by atoms with Crippen LogP contribution in [0.3, 0.4) is 0 Å². The SMILES string of the molecule is Cc1nc(NN)cc(N2CCC(CC(N)=O)CC2)n1. The van der Waals surface area contributed by atoms with Gasteiger partial charge in [0.25, 0.3) is 0 Å². The number of carbonyl (C=O) groups excluding carboxylic acids is 1. The van der Waals surface area contributed by atoms with Gasteiger partial charge in [0.1, 0.15) is 17.5 Å². The summed E-state index contributed by atoms with van der Waals surface area (Å²) in [7, 11) is 0. The Kier molecular flexibility index (Phi) is 4.16. The highest BCUT2D eigenvalue weighted by molar-refractivity contribution is 5.74. The molecule has 1 aliphatic rings. The minimum atomic E-state index is -0.217. The Morgan fingerprint density at radius 3 is 2.74 bits per heavy atom. The number of nitrogens with zero attached hydrogens (tertiary/aromatic N) is 3. The van der Waals surface area contributed by atoms with Crippen molar-refractivity contribution in [3.05, 3.63) is 11.9 Å². The lowest BCUT2D eigenvalue weighted by Gasteiger charge is -2.32. The Morgan fingerprint density at radius 2 is 2.16 bits per heavy atom. The summed E-state index contributed by atoms with van der Waals surface area (Å²) in [6.45, 7) is 3.58. The lowest BCUT2D eigenvalue weighted by Crippen LogP contribution is -2.35. The Labute approximate surface area is 112 Å². The van der Waals surface area contributed by atoms with Crippen LogP contribution in [0.4, 0.5) is 11.6 Å². The van der Waals surface area contributed by atoms with Gasteiger partial charge >= 0.3 is 0 Å². The second-order valence-electron chi connectivity index (χ2n) is 4.90. The summed E-state index contributed by atoms with van der Waals surface area (Å²) in [4.78, 5) is 21.7. The number of aryl methyl sites for hydroxylation is 1. The largest absolute Gasteiger partial charge is 0.370 e. The van der Waals surface area contributed by atoms with E-state index in [0.717, 1.165) is 31.7 Å². The quantitative estimate of drug-likeness (QED) is 0.528.